The van der Waals surface area contributed by atoms with Gasteiger partial charge in [0.25, 0.3) is 0 Å². The minimum Gasteiger partial charge on any atom is -0.369 e. The van der Waals surface area contributed by atoms with E-state index in [-0.39, 0.29) is 11.6 Å². The lowest BCUT2D eigenvalue weighted by Gasteiger charge is -2.38. The fraction of sp³-hybridized carbons (Fsp3) is 0.647. The summed E-state index contributed by atoms with van der Waals surface area (Å²) in [7, 11) is 0. The molecule has 0 heterocycles. The van der Waals surface area contributed by atoms with Crippen LogP contribution in [0.2, 0.25) is 0 Å². The summed E-state index contributed by atoms with van der Waals surface area (Å²) in [6, 6.07) is 10.5. The van der Waals surface area contributed by atoms with Crippen LogP contribution < -0.4 is 5.73 Å². The van der Waals surface area contributed by atoms with Gasteiger partial charge in [-0.05, 0) is 25.3 Å². The van der Waals surface area contributed by atoms with Crippen LogP contribution in [-0.2, 0) is 10.3 Å². The van der Waals surface area contributed by atoms with Crippen molar-refractivity contribution in [3.05, 3.63) is 35.9 Å². The first kappa shape index (κ1) is 16.2. The zero-order valence-electron chi connectivity index (χ0n) is 12.7. The smallest absolute Gasteiger partial charge is 0.108 e. The molecule has 1 rings (SSSR count). The molecule has 0 radical (unpaired) electrons. The van der Waals surface area contributed by atoms with Crippen LogP contribution in [0.15, 0.2) is 30.3 Å². The topological polar surface area (TPSA) is 35.2 Å². The van der Waals surface area contributed by atoms with Crippen molar-refractivity contribution in [2.24, 2.45) is 5.73 Å². The second-order valence-electron chi connectivity index (χ2n) is 5.35. The molecule has 2 nitrogen and oxygen atoms in total. The minimum absolute atomic E-state index is 0.00157. The minimum atomic E-state index is -0.327. The predicted molar refractivity (Wildman–Crippen MR) is 82.2 cm³/mol. The molecule has 1 aromatic rings. The molecule has 1 aromatic carbocycles. The van der Waals surface area contributed by atoms with Crippen molar-refractivity contribution < 1.29 is 4.74 Å². The summed E-state index contributed by atoms with van der Waals surface area (Å²) < 4.78 is 6.29. The Morgan fingerprint density at radius 2 is 1.74 bits per heavy atom. The van der Waals surface area contributed by atoms with Gasteiger partial charge in [-0.15, -0.1) is 0 Å². The first-order chi connectivity index (χ1) is 9.17. The number of hydrogen-bond donors (Lipinski definition) is 1. The van der Waals surface area contributed by atoms with Gasteiger partial charge in [0.15, 0.2) is 0 Å². The standard InChI is InChI=1S/C17H29NO/c1-4-6-13-17(15(3)18,19-14-7-5-2)16-11-9-8-10-12-16/h8-12,15H,4-7,13-14,18H2,1-3H3. The summed E-state index contributed by atoms with van der Waals surface area (Å²) in [5.41, 5.74) is 7.19. The number of rotatable bonds is 9. The van der Waals surface area contributed by atoms with E-state index in [1.54, 1.807) is 0 Å². The Bertz CT molecular complexity index is 336. The molecule has 0 bridgehead atoms. The van der Waals surface area contributed by atoms with E-state index < -0.39 is 0 Å². The van der Waals surface area contributed by atoms with Gasteiger partial charge in [-0.3, -0.25) is 0 Å². The van der Waals surface area contributed by atoms with Crippen molar-refractivity contribution in [1.82, 2.24) is 0 Å². The number of benzene rings is 1. The predicted octanol–water partition coefficient (Wildman–Crippen LogP) is 4.24. The maximum atomic E-state index is 6.30. The Labute approximate surface area is 118 Å². The van der Waals surface area contributed by atoms with Gasteiger partial charge >= 0.3 is 0 Å². The van der Waals surface area contributed by atoms with Gasteiger partial charge in [0.2, 0.25) is 0 Å². The van der Waals surface area contributed by atoms with Crippen molar-refractivity contribution in [1.29, 1.82) is 0 Å². The maximum Gasteiger partial charge on any atom is 0.108 e. The van der Waals surface area contributed by atoms with Gasteiger partial charge in [-0.2, -0.15) is 0 Å². The quantitative estimate of drug-likeness (QED) is 0.676. The van der Waals surface area contributed by atoms with Crippen molar-refractivity contribution in [3.63, 3.8) is 0 Å². The van der Waals surface area contributed by atoms with E-state index in [4.69, 9.17) is 10.5 Å². The average Bonchev–Trinajstić information content (AvgIpc) is 2.43. The van der Waals surface area contributed by atoms with Crippen LogP contribution in [0.4, 0.5) is 0 Å². The van der Waals surface area contributed by atoms with Crippen molar-refractivity contribution >= 4 is 0 Å². The second-order valence-corrected chi connectivity index (χ2v) is 5.35. The molecule has 2 N–H and O–H groups in total. The molecule has 2 unspecified atom stereocenters. The number of ether oxygens (including phenoxy) is 1. The SMILES string of the molecule is CCCCOC(CCCC)(c1ccccc1)C(C)N. The van der Waals surface area contributed by atoms with E-state index in [1.807, 2.05) is 6.07 Å². The van der Waals surface area contributed by atoms with Gasteiger partial charge in [-0.25, -0.2) is 0 Å². The molecule has 108 valence electrons. The fourth-order valence-corrected chi connectivity index (χ4v) is 2.48. The molecule has 0 aliphatic carbocycles. The molecular formula is C17H29NO. The summed E-state index contributed by atoms with van der Waals surface area (Å²) >= 11 is 0. The molecule has 0 aliphatic heterocycles. The van der Waals surface area contributed by atoms with Crippen molar-refractivity contribution in [3.8, 4) is 0 Å². The lowest BCUT2D eigenvalue weighted by atomic mass is 9.82. The molecule has 2 heteroatoms. The first-order valence-electron chi connectivity index (χ1n) is 7.62. The van der Waals surface area contributed by atoms with Crippen LogP contribution in [0, 0.1) is 0 Å². The summed E-state index contributed by atoms with van der Waals surface area (Å²) in [4.78, 5) is 0. The van der Waals surface area contributed by atoms with Gasteiger partial charge in [0.05, 0.1) is 0 Å². The van der Waals surface area contributed by atoms with E-state index in [1.165, 1.54) is 12.0 Å². The fourth-order valence-electron chi connectivity index (χ4n) is 2.48. The van der Waals surface area contributed by atoms with Gasteiger partial charge in [-0.1, -0.05) is 63.4 Å². The van der Waals surface area contributed by atoms with Crippen molar-refractivity contribution in [2.75, 3.05) is 6.61 Å². The highest BCUT2D eigenvalue weighted by atomic mass is 16.5. The van der Waals surface area contributed by atoms with Crippen LogP contribution in [0.1, 0.15) is 58.4 Å². The molecule has 0 amide bonds. The first-order valence-corrected chi connectivity index (χ1v) is 7.62. The van der Waals surface area contributed by atoms with Crippen LogP contribution in [-0.4, -0.2) is 12.6 Å². The van der Waals surface area contributed by atoms with Gasteiger partial charge in [0.1, 0.15) is 5.60 Å². The molecule has 0 spiro atoms. The third-order valence-electron chi connectivity index (χ3n) is 3.76. The molecule has 0 saturated heterocycles. The molecule has 0 aliphatic rings. The molecule has 2 atom stereocenters. The van der Waals surface area contributed by atoms with E-state index in [0.29, 0.717) is 0 Å². The zero-order chi connectivity index (χ0) is 14.1. The third-order valence-corrected chi connectivity index (χ3v) is 3.76. The van der Waals surface area contributed by atoms with E-state index >= 15 is 0 Å². The van der Waals surface area contributed by atoms with Crippen LogP contribution in [0.25, 0.3) is 0 Å². The van der Waals surface area contributed by atoms with E-state index in [2.05, 4.69) is 45.0 Å². The van der Waals surface area contributed by atoms with Crippen molar-refractivity contribution in [2.45, 2.75) is 64.5 Å². The summed E-state index contributed by atoms with van der Waals surface area (Å²) in [6.07, 6.45) is 5.54. The second kappa shape index (κ2) is 8.34. The molecule has 0 aromatic heterocycles. The Kier molecular flexibility index (Phi) is 7.11. The van der Waals surface area contributed by atoms with E-state index in [0.717, 1.165) is 32.3 Å². The molecular weight excluding hydrogens is 234 g/mol. The molecule has 0 fully saturated rings. The lowest BCUT2D eigenvalue weighted by Crippen LogP contribution is -2.46. The monoisotopic (exact) mass is 263 g/mol. The Balaban J connectivity index is 2.97. The largest absolute Gasteiger partial charge is 0.369 e. The summed E-state index contributed by atoms with van der Waals surface area (Å²) in [5.74, 6) is 0. The maximum absolute atomic E-state index is 6.30. The van der Waals surface area contributed by atoms with Crippen LogP contribution in [0.5, 0.6) is 0 Å². The normalized spacial score (nSPS) is 16.0. The number of nitrogens with two attached hydrogens (primary N) is 1. The molecule has 0 saturated carbocycles. The Morgan fingerprint density at radius 3 is 2.26 bits per heavy atom. The Morgan fingerprint density at radius 1 is 1.11 bits per heavy atom. The van der Waals surface area contributed by atoms with E-state index in [9.17, 15) is 0 Å². The number of unbranched alkanes of at least 4 members (excludes halogenated alkanes) is 2. The highest BCUT2D eigenvalue weighted by molar-refractivity contribution is 5.24. The Hall–Kier alpha value is -0.860. The number of hydrogen-bond acceptors (Lipinski definition) is 2. The molecule has 19 heavy (non-hydrogen) atoms. The van der Waals surface area contributed by atoms with Gasteiger partial charge in [0, 0.05) is 12.6 Å². The van der Waals surface area contributed by atoms with Crippen LogP contribution in [0.3, 0.4) is 0 Å². The summed E-state index contributed by atoms with van der Waals surface area (Å²) in [6.45, 7) is 7.25. The van der Waals surface area contributed by atoms with Gasteiger partial charge < -0.3 is 10.5 Å². The zero-order valence-corrected chi connectivity index (χ0v) is 12.7. The highest BCUT2D eigenvalue weighted by Gasteiger charge is 2.36. The highest BCUT2D eigenvalue weighted by Crippen LogP contribution is 2.34. The average molecular weight is 263 g/mol. The summed E-state index contributed by atoms with van der Waals surface area (Å²) in [5, 5.41) is 0. The van der Waals surface area contributed by atoms with Crippen LogP contribution >= 0.6 is 0 Å². The third kappa shape index (κ3) is 4.32. The lowest BCUT2D eigenvalue weighted by molar-refractivity contribution is -0.0742.